The maximum atomic E-state index is 12.6. The van der Waals surface area contributed by atoms with Gasteiger partial charge in [-0.25, -0.2) is 8.42 Å². The van der Waals surface area contributed by atoms with E-state index in [1.54, 1.807) is 24.3 Å². The summed E-state index contributed by atoms with van der Waals surface area (Å²) in [5, 5.41) is 3.49. The van der Waals surface area contributed by atoms with Gasteiger partial charge in [-0.3, -0.25) is 9.52 Å². The molecule has 0 bridgehead atoms. The Morgan fingerprint density at radius 1 is 0.933 bits per heavy atom. The quantitative estimate of drug-likeness (QED) is 0.519. The van der Waals surface area contributed by atoms with E-state index in [1.807, 2.05) is 38.1 Å². The van der Waals surface area contributed by atoms with Crippen LogP contribution in [0.3, 0.4) is 0 Å². The molecule has 3 aromatic rings. The molecule has 0 aliphatic carbocycles. The first-order valence-corrected chi connectivity index (χ1v) is 11.4. The van der Waals surface area contributed by atoms with Crippen molar-refractivity contribution >= 4 is 33.2 Å². The zero-order chi connectivity index (χ0) is 21.7. The summed E-state index contributed by atoms with van der Waals surface area (Å²) in [6, 6.07) is 20.2. The van der Waals surface area contributed by atoms with Crippen molar-refractivity contribution in [3.05, 3.63) is 94.5 Å². The van der Waals surface area contributed by atoms with Crippen LogP contribution in [0.25, 0.3) is 0 Å². The van der Waals surface area contributed by atoms with Gasteiger partial charge < -0.3 is 5.32 Å². The minimum absolute atomic E-state index is 0.0961. The number of nitrogens with one attached hydrogen (secondary N) is 2. The summed E-state index contributed by atoms with van der Waals surface area (Å²) in [5.74, 6) is -0.213. The molecule has 0 fully saturated rings. The number of rotatable bonds is 7. The van der Waals surface area contributed by atoms with Crippen LogP contribution in [0.4, 0.5) is 5.69 Å². The summed E-state index contributed by atoms with van der Waals surface area (Å²) in [6.07, 6.45) is 0.758. The fraction of sp³-hybridized carbons (Fsp3) is 0.174. The second-order valence-corrected chi connectivity index (χ2v) is 9.10. The van der Waals surface area contributed by atoms with Crippen LogP contribution in [0, 0.1) is 6.92 Å². The number of carbonyl (C=O) groups excluding carboxylic acids is 1. The molecule has 3 aromatic carbocycles. The molecular formula is C23H23ClN2O3S. The number of benzene rings is 3. The van der Waals surface area contributed by atoms with E-state index < -0.39 is 10.0 Å². The van der Waals surface area contributed by atoms with Gasteiger partial charge in [-0.15, -0.1) is 0 Å². The lowest BCUT2D eigenvalue weighted by Gasteiger charge is -2.18. The number of anilines is 1. The van der Waals surface area contributed by atoms with Gasteiger partial charge in [0, 0.05) is 16.3 Å². The highest BCUT2D eigenvalue weighted by Crippen LogP contribution is 2.20. The van der Waals surface area contributed by atoms with Crippen molar-refractivity contribution in [3.63, 3.8) is 0 Å². The van der Waals surface area contributed by atoms with Gasteiger partial charge in [-0.1, -0.05) is 48.4 Å². The number of hydrogen-bond acceptors (Lipinski definition) is 3. The van der Waals surface area contributed by atoms with Gasteiger partial charge in [0.1, 0.15) is 0 Å². The normalized spacial score (nSPS) is 12.2. The zero-order valence-corrected chi connectivity index (χ0v) is 18.3. The molecule has 1 atom stereocenters. The Kier molecular flexibility index (Phi) is 6.80. The fourth-order valence-corrected chi connectivity index (χ4v) is 4.16. The molecular weight excluding hydrogens is 420 g/mol. The fourth-order valence-electron chi connectivity index (χ4n) is 2.98. The van der Waals surface area contributed by atoms with E-state index in [9.17, 15) is 13.2 Å². The van der Waals surface area contributed by atoms with Crippen LogP contribution in [0.15, 0.2) is 77.7 Å². The average molecular weight is 443 g/mol. The van der Waals surface area contributed by atoms with Crippen LogP contribution in [-0.4, -0.2) is 14.3 Å². The van der Waals surface area contributed by atoms with Crippen LogP contribution >= 0.6 is 11.6 Å². The molecule has 0 aliphatic rings. The van der Waals surface area contributed by atoms with E-state index >= 15 is 0 Å². The Morgan fingerprint density at radius 2 is 1.53 bits per heavy atom. The largest absolute Gasteiger partial charge is 0.345 e. The Labute approximate surface area is 182 Å². The highest BCUT2D eigenvalue weighted by Gasteiger charge is 2.16. The monoisotopic (exact) mass is 442 g/mol. The summed E-state index contributed by atoms with van der Waals surface area (Å²) in [4.78, 5) is 12.8. The third kappa shape index (κ3) is 5.40. The maximum absolute atomic E-state index is 12.6. The summed E-state index contributed by atoms with van der Waals surface area (Å²) in [7, 11) is -3.73. The van der Waals surface area contributed by atoms with Crippen molar-refractivity contribution in [2.75, 3.05) is 4.72 Å². The summed E-state index contributed by atoms with van der Waals surface area (Å²) < 4.78 is 27.4. The number of amides is 1. The third-order valence-corrected chi connectivity index (χ3v) is 6.37. The van der Waals surface area contributed by atoms with Crippen LogP contribution < -0.4 is 10.0 Å². The smallest absolute Gasteiger partial charge is 0.261 e. The summed E-state index contributed by atoms with van der Waals surface area (Å²) >= 11 is 5.81. The van der Waals surface area contributed by atoms with Gasteiger partial charge in [-0.05, 0) is 67.4 Å². The van der Waals surface area contributed by atoms with E-state index in [0.717, 1.165) is 17.5 Å². The van der Waals surface area contributed by atoms with Gasteiger partial charge in [0.15, 0.2) is 0 Å². The van der Waals surface area contributed by atoms with Crippen LogP contribution in [-0.2, 0) is 10.0 Å². The van der Waals surface area contributed by atoms with Crippen molar-refractivity contribution in [1.29, 1.82) is 0 Å². The van der Waals surface area contributed by atoms with E-state index in [4.69, 9.17) is 11.6 Å². The molecule has 3 rings (SSSR count). The van der Waals surface area contributed by atoms with Gasteiger partial charge >= 0.3 is 0 Å². The first-order valence-electron chi connectivity index (χ1n) is 9.54. The highest BCUT2D eigenvalue weighted by atomic mass is 35.5. The maximum Gasteiger partial charge on any atom is 0.261 e. The molecule has 0 spiro atoms. The topological polar surface area (TPSA) is 75.3 Å². The molecule has 0 radical (unpaired) electrons. The van der Waals surface area contributed by atoms with E-state index in [-0.39, 0.29) is 16.8 Å². The lowest BCUT2D eigenvalue weighted by atomic mass is 10.0. The Hall–Kier alpha value is -2.83. The van der Waals surface area contributed by atoms with Crippen LogP contribution in [0.1, 0.15) is 40.9 Å². The van der Waals surface area contributed by atoms with E-state index in [0.29, 0.717) is 16.3 Å². The third-order valence-electron chi connectivity index (χ3n) is 4.72. The number of aryl methyl sites for hydroxylation is 1. The van der Waals surface area contributed by atoms with Crippen molar-refractivity contribution < 1.29 is 13.2 Å². The Bertz CT molecular complexity index is 1110. The Balaban J connectivity index is 1.69. The standard InChI is InChI=1S/C23H23ClN2O3S/c1-3-22(17-6-4-16(2)5-7-17)25-23(27)18-8-12-20(13-9-18)26-30(28,29)21-14-10-19(24)11-15-21/h4-15,22,26H,3H2,1-2H3,(H,25,27)/t22-/m1/s1. The molecule has 0 saturated heterocycles. The highest BCUT2D eigenvalue weighted by molar-refractivity contribution is 7.92. The van der Waals surface area contributed by atoms with Crippen LogP contribution in [0.5, 0.6) is 0 Å². The lowest BCUT2D eigenvalue weighted by Crippen LogP contribution is -2.28. The average Bonchev–Trinajstić information content (AvgIpc) is 2.73. The molecule has 2 N–H and O–H groups in total. The van der Waals surface area contributed by atoms with Gasteiger partial charge in [0.25, 0.3) is 15.9 Å². The summed E-state index contributed by atoms with van der Waals surface area (Å²) in [5.41, 5.74) is 3.03. The lowest BCUT2D eigenvalue weighted by molar-refractivity contribution is 0.0935. The minimum Gasteiger partial charge on any atom is -0.345 e. The number of carbonyl (C=O) groups is 1. The molecule has 7 heteroatoms. The molecule has 0 saturated carbocycles. The predicted molar refractivity (Wildman–Crippen MR) is 120 cm³/mol. The predicted octanol–water partition coefficient (Wildman–Crippen LogP) is 5.33. The first kappa shape index (κ1) is 21.9. The van der Waals surface area contributed by atoms with E-state index in [1.165, 1.54) is 24.3 Å². The summed E-state index contributed by atoms with van der Waals surface area (Å²) in [6.45, 7) is 4.03. The molecule has 0 heterocycles. The zero-order valence-electron chi connectivity index (χ0n) is 16.7. The minimum atomic E-state index is -3.73. The second-order valence-electron chi connectivity index (χ2n) is 6.98. The number of sulfonamides is 1. The van der Waals surface area contributed by atoms with Gasteiger partial charge in [0.2, 0.25) is 0 Å². The van der Waals surface area contributed by atoms with Crippen molar-refractivity contribution in [2.45, 2.75) is 31.2 Å². The molecule has 1 amide bonds. The van der Waals surface area contributed by atoms with Crippen molar-refractivity contribution in [1.82, 2.24) is 5.32 Å². The number of halogens is 1. The SMILES string of the molecule is CC[C@@H](NC(=O)c1ccc(NS(=O)(=O)c2ccc(Cl)cc2)cc1)c1ccc(C)cc1. The van der Waals surface area contributed by atoms with Gasteiger partial charge in [0.05, 0.1) is 10.9 Å². The molecule has 156 valence electrons. The molecule has 5 nitrogen and oxygen atoms in total. The molecule has 30 heavy (non-hydrogen) atoms. The van der Waals surface area contributed by atoms with Crippen molar-refractivity contribution in [3.8, 4) is 0 Å². The second kappa shape index (κ2) is 9.32. The molecule has 0 unspecified atom stereocenters. The van der Waals surface area contributed by atoms with Crippen molar-refractivity contribution in [2.24, 2.45) is 0 Å². The van der Waals surface area contributed by atoms with Crippen LogP contribution in [0.2, 0.25) is 5.02 Å². The Morgan fingerprint density at radius 3 is 2.10 bits per heavy atom. The molecule has 0 aliphatic heterocycles. The molecule has 0 aromatic heterocycles. The first-order chi connectivity index (χ1) is 14.3. The number of hydrogen-bond donors (Lipinski definition) is 2. The van der Waals surface area contributed by atoms with E-state index in [2.05, 4.69) is 10.0 Å². The van der Waals surface area contributed by atoms with Gasteiger partial charge in [-0.2, -0.15) is 0 Å².